The molecule has 2 rings (SSSR count). The highest BCUT2D eigenvalue weighted by Gasteiger charge is 2.13. The Morgan fingerprint density at radius 2 is 2.00 bits per heavy atom. The van der Waals surface area contributed by atoms with E-state index in [0.29, 0.717) is 16.4 Å². The molecular formula is C13H8N4OS. The Kier molecular flexibility index (Phi) is 3.97. The van der Waals surface area contributed by atoms with Gasteiger partial charge in [0, 0.05) is 5.56 Å². The zero-order valence-corrected chi connectivity index (χ0v) is 10.6. The first-order chi connectivity index (χ1) is 9.26. The molecule has 0 saturated carbocycles. The molecule has 0 unspecified atom stereocenters. The average Bonchev–Trinajstić information content (AvgIpc) is 2.45. The van der Waals surface area contributed by atoms with Gasteiger partial charge in [-0.3, -0.25) is 4.79 Å². The number of aromatic nitrogens is 2. The van der Waals surface area contributed by atoms with E-state index in [1.807, 2.05) is 18.2 Å². The molecule has 6 heteroatoms. The van der Waals surface area contributed by atoms with Crippen LogP contribution < -0.4 is 5.56 Å². The molecule has 92 valence electrons. The van der Waals surface area contributed by atoms with Gasteiger partial charge in [0.15, 0.2) is 5.16 Å². The first kappa shape index (κ1) is 12.9. The van der Waals surface area contributed by atoms with Gasteiger partial charge in [-0.15, -0.1) is 0 Å². The number of thioether (sulfide) groups is 1. The van der Waals surface area contributed by atoms with Crippen LogP contribution in [0, 0.1) is 22.7 Å². The van der Waals surface area contributed by atoms with Crippen LogP contribution in [0.4, 0.5) is 0 Å². The molecule has 19 heavy (non-hydrogen) atoms. The van der Waals surface area contributed by atoms with Crippen molar-refractivity contribution in [3.05, 3.63) is 46.2 Å². The molecule has 1 aromatic carbocycles. The number of hydrogen-bond acceptors (Lipinski definition) is 5. The van der Waals surface area contributed by atoms with Crippen LogP contribution >= 0.6 is 11.8 Å². The lowest BCUT2D eigenvalue weighted by Crippen LogP contribution is -2.14. The fourth-order valence-electron chi connectivity index (χ4n) is 1.53. The fraction of sp³-hybridized carbons (Fsp3) is 0.0769. The molecule has 2 aromatic rings. The SMILES string of the molecule is N#CCSc1nc(-c2ccccc2)c(C#N)c(=O)[nH]1. The molecule has 0 spiro atoms. The Morgan fingerprint density at radius 1 is 1.26 bits per heavy atom. The maximum absolute atomic E-state index is 11.8. The van der Waals surface area contributed by atoms with E-state index in [-0.39, 0.29) is 11.3 Å². The van der Waals surface area contributed by atoms with E-state index < -0.39 is 5.56 Å². The molecule has 0 bridgehead atoms. The van der Waals surface area contributed by atoms with Crippen molar-refractivity contribution in [1.29, 1.82) is 10.5 Å². The number of benzene rings is 1. The lowest BCUT2D eigenvalue weighted by molar-refractivity contribution is 0.936. The summed E-state index contributed by atoms with van der Waals surface area (Å²) < 4.78 is 0. The maximum atomic E-state index is 11.8. The van der Waals surface area contributed by atoms with Crippen molar-refractivity contribution in [3.63, 3.8) is 0 Å². The summed E-state index contributed by atoms with van der Waals surface area (Å²) in [6, 6.07) is 12.8. The van der Waals surface area contributed by atoms with E-state index >= 15 is 0 Å². The van der Waals surface area contributed by atoms with Crippen LogP contribution in [0.15, 0.2) is 40.3 Å². The minimum absolute atomic E-state index is 0.0208. The summed E-state index contributed by atoms with van der Waals surface area (Å²) in [4.78, 5) is 18.6. The van der Waals surface area contributed by atoms with Crippen LogP contribution in [0.5, 0.6) is 0 Å². The number of H-pyrrole nitrogens is 1. The molecule has 0 aliphatic heterocycles. The number of hydrogen-bond donors (Lipinski definition) is 1. The van der Waals surface area contributed by atoms with E-state index in [1.54, 1.807) is 24.3 Å². The maximum Gasteiger partial charge on any atom is 0.270 e. The summed E-state index contributed by atoms with van der Waals surface area (Å²) in [6.07, 6.45) is 0. The number of rotatable bonds is 3. The average molecular weight is 268 g/mol. The largest absolute Gasteiger partial charge is 0.300 e. The molecular weight excluding hydrogens is 260 g/mol. The summed E-state index contributed by atoms with van der Waals surface area (Å²) in [7, 11) is 0. The quantitative estimate of drug-likeness (QED) is 0.678. The van der Waals surface area contributed by atoms with Crippen molar-refractivity contribution in [2.75, 3.05) is 5.75 Å². The van der Waals surface area contributed by atoms with Crippen LogP contribution in [0.1, 0.15) is 5.56 Å². The summed E-state index contributed by atoms with van der Waals surface area (Å²) in [5, 5.41) is 17.9. The van der Waals surface area contributed by atoms with Crippen LogP contribution in [0.25, 0.3) is 11.3 Å². The number of nitrogens with zero attached hydrogens (tertiary/aromatic N) is 3. The van der Waals surface area contributed by atoms with Gasteiger partial charge in [0.1, 0.15) is 11.6 Å². The Balaban J connectivity index is 2.59. The normalized spacial score (nSPS) is 9.58. The van der Waals surface area contributed by atoms with Gasteiger partial charge in [0.25, 0.3) is 5.56 Å². The van der Waals surface area contributed by atoms with Crippen LogP contribution in [0.3, 0.4) is 0 Å². The molecule has 0 aliphatic rings. The molecule has 0 amide bonds. The van der Waals surface area contributed by atoms with Crippen molar-refractivity contribution < 1.29 is 0 Å². The second kappa shape index (κ2) is 5.85. The Bertz CT molecular complexity index is 725. The van der Waals surface area contributed by atoms with Crippen LogP contribution in [0.2, 0.25) is 0 Å². The smallest absolute Gasteiger partial charge is 0.270 e. The van der Waals surface area contributed by atoms with Crippen LogP contribution in [-0.4, -0.2) is 15.7 Å². The highest BCUT2D eigenvalue weighted by molar-refractivity contribution is 7.99. The van der Waals surface area contributed by atoms with E-state index in [2.05, 4.69) is 9.97 Å². The summed E-state index contributed by atoms with van der Waals surface area (Å²) in [6.45, 7) is 0. The molecule has 1 N–H and O–H groups in total. The molecule has 0 aliphatic carbocycles. The number of nitrogens with one attached hydrogen (secondary N) is 1. The van der Waals surface area contributed by atoms with Gasteiger partial charge < -0.3 is 4.98 Å². The van der Waals surface area contributed by atoms with Crippen molar-refractivity contribution in [2.24, 2.45) is 0 Å². The van der Waals surface area contributed by atoms with Crippen molar-refractivity contribution in [3.8, 4) is 23.4 Å². The minimum atomic E-state index is -0.489. The van der Waals surface area contributed by atoms with Crippen LogP contribution in [-0.2, 0) is 0 Å². The second-order valence-electron chi connectivity index (χ2n) is 3.52. The molecule has 5 nitrogen and oxygen atoms in total. The standard InChI is InChI=1S/C13H8N4OS/c14-6-7-19-13-16-11(9-4-2-1-3-5-9)10(8-15)12(18)17-13/h1-5H,7H2,(H,16,17,18). The Morgan fingerprint density at radius 3 is 2.63 bits per heavy atom. The zero-order chi connectivity index (χ0) is 13.7. The third-order valence-electron chi connectivity index (χ3n) is 2.33. The molecule has 0 radical (unpaired) electrons. The predicted molar refractivity (Wildman–Crippen MR) is 71.3 cm³/mol. The van der Waals surface area contributed by atoms with E-state index in [0.717, 1.165) is 11.8 Å². The first-order valence-corrected chi connectivity index (χ1v) is 6.34. The summed E-state index contributed by atoms with van der Waals surface area (Å²) in [5.41, 5.74) is 0.528. The van der Waals surface area contributed by atoms with Gasteiger partial charge in [-0.25, -0.2) is 4.98 Å². The third kappa shape index (κ3) is 2.82. The second-order valence-corrected chi connectivity index (χ2v) is 4.48. The number of aromatic amines is 1. The molecule has 0 fully saturated rings. The van der Waals surface area contributed by atoms with Gasteiger partial charge in [-0.05, 0) is 0 Å². The van der Waals surface area contributed by atoms with Crippen molar-refractivity contribution >= 4 is 11.8 Å². The molecule has 0 atom stereocenters. The summed E-state index contributed by atoms with van der Waals surface area (Å²) in [5.74, 6) is 0.184. The topological polar surface area (TPSA) is 93.3 Å². The van der Waals surface area contributed by atoms with Crippen molar-refractivity contribution in [1.82, 2.24) is 9.97 Å². The number of nitriles is 2. The van der Waals surface area contributed by atoms with Gasteiger partial charge in [-0.1, -0.05) is 42.1 Å². The lowest BCUT2D eigenvalue weighted by atomic mass is 10.1. The highest BCUT2D eigenvalue weighted by Crippen LogP contribution is 2.21. The minimum Gasteiger partial charge on any atom is -0.300 e. The monoisotopic (exact) mass is 268 g/mol. The predicted octanol–water partition coefficient (Wildman–Crippen LogP) is 1.92. The molecule has 1 aromatic heterocycles. The van der Waals surface area contributed by atoms with E-state index in [4.69, 9.17) is 10.5 Å². The van der Waals surface area contributed by atoms with Gasteiger partial charge in [0.2, 0.25) is 0 Å². The van der Waals surface area contributed by atoms with Crippen molar-refractivity contribution in [2.45, 2.75) is 5.16 Å². The van der Waals surface area contributed by atoms with Gasteiger partial charge in [-0.2, -0.15) is 10.5 Å². The van der Waals surface area contributed by atoms with Gasteiger partial charge >= 0.3 is 0 Å². The molecule has 0 saturated heterocycles. The fourth-order valence-corrected chi connectivity index (χ4v) is 2.05. The summed E-state index contributed by atoms with van der Waals surface area (Å²) >= 11 is 1.13. The zero-order valence-electron chi connectivity index (χ0n) is 9.75. The third-order valence-corrected chi connectivity index (χ3v) is 3.07. The first-order valence-electron chi connectivity index (χ1n) is 5.36. The van der Waals surface area contributed by atoms with E-state index in [9.17, 15) is 4.79 Å². The Hall–Kier alpha value is -2.57. The Labute approximate surface area is 113 Å². The highest BCUT2D eigenvalue weighted by atomic mass is 32.2. The molecule has 1 heterocycles. The lowest BCUT2D eigenvalue weighted by Gasteiger charge is -2.04. The van der Waals surface area contributed by atoms with Gasteiger partial charge in [0.05, 0.1) is 17.5 Å². The van der Waals surface area contributed by atoms with E-state index in [1.165, 1.54) is 0 Å².